The molecule has 0 amide bonds. The number of hydrogen-bond acceptors (Lipinski definition) is 3. The van der Waals surface area contributed by atoms with E-state index in [1.807, 2.05) is 0 Å². The standard InChI is InChI=1S/C15H27N3O/c1-3-13-11-15(18(4-2)16-13)12-17(9-6-10-19)14-7-5-8-14/h11,14,19H,3-10,12H2,1-2H3. The zero-order valence-electron chi connectivity index (χ0n) is 12.3. The molecule has 0 aliphatic heterocycles. The smallest absolute Gasteiger partial charge is 0.0625 e. The van der Waals surface area contributed by atoms with E-state index in [4.69, 9.17) is 5.11 Å². The molecule has 1 N–H and O–H groups in total. The van der Waals surface area contributed by atoms with Gasteiger partial charge in [-0.05, 0) is 38.7 Å². The van der Waals surface area contributed by atoms with Crippen LogP contribution < -0.4 is 0 Å². The average Bonchev–Trinajstić information content (AvgIpc) is 2.76. The summed E-state index contributed by atoms with van der Waals surface area (Å²) in [6.45, 7) is 7.51. The van der Waals surface area contributed by atoms with Gasteiger partial charge in [-0.1, -0.05) is 13.3 Å². The van der Waals surface area contributed by atoms with E-state index in [1.165, 1.54) is 30.7 Å². The Labute approximate surface area is 116 Å². The molecule has 19 heavy (non-hydrogen) atoms. The number of nitrogens with zero attached hydrogens (tertiary/aromatic N) is 3. The molecule has 4 heteroatoms. The average molecular weight is 265 g/mol. The summed E-state index contributed by atoms with van der Waals surface area (Å²) in [7, 11) is 0. The number of aromatic nitrogens is 2. The van der Waals surface area contributed by atoms with Gasteiger partial charge >= 0.3 is 0 Å². The van der Waals surface area contributed by atoms with Crippen LogP contribution in [0.15, 0.2) is 6.07 Å². The predicted octanol–water partition coefficient (Wildman–Crippen LogP) is 2.20. The van der Waals surface area contributed by atoms with Crippen molar-refractivity contribution in [3.63, 3.8) is 0 Å². The SMILES string of the molecule is CCc1cc(CN(CCCO)C2CCC2)n(CC)n1. The maximum atomic E-state index is 9.05. The predicted molar refractivity (Wildman–Crippen MR) is 77.0 cm³/mol. The molecule has 1 fully saturated rings. The maximum Gasteiger partial charge on any atom is 0.0625 e. The first-order valence-electron chi connectivity index (χ1n) is 7.69. The Morgan fingerprint density at radius 1 is 1.42 bits per heavy atom. The van der Waals surface area contributed by atoms with E-state index in [1.54, 1.807) is 0 Å². The number of hydrogen-bond donors (Lipinski definition) is 1. The largest absolute Gasteiger partial charge is 0.396 e. The first-order valence-corrected chi connectivity index (χ1v) is 7.69. The van der Waals surface area contributed by atoms with Crippen molar-refractivity contribution in [1.29, 1.82) is 0 Å². The minimum Gasteiger partial charge on any atom is -0.396 e. The number of aliphatic hydroxyl groups excluding tert-OH is 1. The van der Waals surface area contributed by atoms with E-state index < -0.39 is 0 Å². The second kappa shape index (κ2) is 7.06. The molecule has 1 heterocycles. The summed E-state index contributed by atoms with van der Waals surface area (Å²) in [6, 6.07) is 2.96. The third-order valence-electron chi connectivity index (χ3n) is 4.14. The van der Waals surface area contributed by atoms with Crippen LogP contribution in [-0.4, -0.2) is 39.0 Å². The molecule has 0 atom stereocenters. The fraction of sp³-hybridized carbons (Fsp3) is 0.800. The molecule has 0 unspecified atom stereocenters. The minimum absolute atomic E-state index is 0.288. The first kappa shape index (κ1) is 14.5. The normalized spacial score (nSPS) is 16.0. The van der Waals surface area contributed by atoms with Crippen molar-refractivity contribution >= 4 is 0 Å². The molecule has 0 aromatic carbocycles. The van der Waals surface area contributed by atoms with Crippen LogP contribution in [0.5, 0.6) is 0 Å². The van der Waals surface area contributed by atoms with Gasteiger partial charge in [0.05, 0.1) is 11.4 Å². The van der Waals surface area contributed by atoms with Gasteiger partial charge in [0, 0.05) is 32.3 Å². The summed E-state index contributed by atoms with van der Waals surface area (Å²) in [5.41, 5.74) is 2.51. The molecule has 2 rings (SSSR count). The molecular formula is C15H27N3O. The van der Waals surface area contributed by atoms with E-state index in [0.717, 1.165) is 38.5 Å². The van der Waals surface area contributed by atoms with Gasteiger partial charge < -0.3 is 5.11 Å². The van der Waals surface area contributed by atoms with Gasteiger partial charge in [0.1, 0.15) is 0 Å². The van der Waals surface area contributed by atoms with E-state index >= 15 is 0 Å². The van der Waals surface area contributed by atoms with E-state index in [-0.39, 0.29) is 6.61 Å². The lowest BCUT2D eigenvalue weighted by Crippen LogP contribution is -2.40. The molecule has 0 radical (unpaired) electrons. The van der Waals surface area contributed by atoms with Crippen molar-refractivity contribution in [2.45, 2.75) is 65.1 Å². The highest BCUT2D eigenvalue weighted by atomic mass is 16.3. The molecule has 0 bridgehead atoms. The van der Waals surface area contributed by atoms with E-state index in [2.05, 4.69) is 34.6 Å². The van der Waals surface area contributed by atoms with Crippen molar-refractivity contribution in [3.05, 3.63) is 17.5 Å². The van der Waals surface area contributed by atoms with Crippen LogP contribution in [0.3, 0.4) is 0 Å². The zero-order chi connectivity index (χ0) is 13.7. The molecule has 108 valence electrons. The molecule has 1 aromatic rings. The number of aliphatic hydroxyl groups is 1. The lowest BCUT2D eigenvalue weighted by molar-refractivity contribution is 0.106. The zero-order valence-corrected chi connectivity index (χ0v) is 12.3. The van der Waals surface area contributed by atoms with E-state index in [0.29, 0.717) is 0 Å². The minimum atomic E-state index is 0.288. The molecule has 1 aliphatic rings. The molecular weight excluding hydrogens is 238 g/mol. The summed E-state index contributed by atoms with van der Waals surface area (Å²) in [4.78, 5) is 2.53. The monoisotopic (exact) mass is 265 g/mol. The first-order chi connectivity index (χ1) is 9.28. The van der Waals surface area contributed by atoms with Crippen LogP contribution in [0.4, 0.5) is 0 Å². The third-order valence-corrected chi connectivity index (χ3v) is 4.14. The molecule has 0 spiro atoms. The Morgan fingerprint density at radius 2 is 2.21 bits per heavy atom. The van der Waals surface area contributed by atoms with Gasteiger partial charge in [0.2, 0.25) is 0 Å². The van der Waals surface area contributed by atoms with Gasteiger partial charge in [0.25, 0.3) is 0 Å². The maximum absolute atomic E-state index is 9.05. The van der Waals surface area contributed by atoms with E-state index in [9.17, 15) is 0 Å². The highest BCUT2D eigenvalue weighted by molar-refractivity contribution is 5.11. The molecule has 1 saturated carbocycles. The number of aryl methyl sites for hydroxylation is 2. The van der Waals surface area contributed by atoms with Gasteiger partial charge in [-0.15, -0.1) is 0 Å². The van der Waals surface area contributed by atoms with Crippen LogP contribution >= 0.6 is 0 Å². The van der Waals surface area contributed by atoms with Crippen molar-refractivity contribution in [1.82, 2.24) is 14.7 Å². The van der Waals surface area contributed by atoms with Crippen LogP contribution in [0.1, 0.15) is 50.9 Å². The lowest BCUT2D eigenvalue weighted by atomic mass is 9.91. The highest BCUT2D eigenvalue weighted by Gasteiger charge is 2.25. The topological polar surface area (TPSA) is 41.3 Å². The second-order valence-electron chi connectivity index (χ2n) is 5.43. The third kappa shape index (κ3) is 3.57. The fourth-order valence-corrected chi connectivity index (χ4v) is 2.71. The lowest BCUT2D eigenvalue weighted by Gasteiger charge is -2.37. The summed E-state index contributed by atoms with van der Waals surface area (Å²) < 4.78 is 2.13. The fourth-order valence-electron chi connectivity index (χ4n) is 2.71. The van der Waals surface area contributed by atoms with Crippen LogP contribution in [0.2, 0.25) is 0 Å². The summed E-state index contributed by atoms with van der Waals surface area (Å²) in [6.07, 6.45) is 5.85. The molecule has 4 nitrogen and oxygen atoms in total. The Kier molecular flexibility index (Phi) is 5.40. The summed E-state index contributed by atoms with van der Waals surface area (Å²) in [5, 5.41) is 13.7. The molecule has 1 aromatic heterocycles. The van der Waals surface area contributed by atoms with Crippen molar-refractivity contribution in [2.24, 2.45) is 0 Å². The van der Waals surface area contributed by atoms with Crippen LogP contribution in [0, 0.1) is 0 Å². The van der Waals surface area contributed by atoms with Crippen molar-refractivity contribution < 1.29 is 5.11 Å². The van der Waals surface area contributed by atoms with Crippen molar-refractivity contribution in [2.75, 3.05) is 13.2 Å². The van der Waals surface area contributed by atoms with Crippen LogP contribution in [-0.2, 0) is 19.5 Å². The second-order valence-corrected chi connectivity index (χ2v) is 5.43. The highest BCUT2D eigenvalue weighted by Crippen LogP contribution is 2.26. The Balaban J connectivity index is 2.04. The quantitative estimate of drug-likeness (QED) is 0.783. The summed E-state index contributed by atoms with van der Waals surface area (Å²) in [5.74, 6) is 0. The van der Waals surface area contributed by atoms with Crippen LogP contribution in [0.25, 0.3) is 0 Å². The Morgan fingerprint density at radius 3 is 2.74 bits per heavy atom. The molecule has 0 saturated heterocycles. The van der Waals surface area contributed by atoms with Gasteiger partial charge in [-0.25, -0.2) is 0 Å². The van der Waals surface area contributed by atoms with Gasteiger partial charge in [-0.3, -0.25) is 9.58 Å². The number of rotatable bonds is 8. The van der Waals surface area contributed by atoms with Gasteiger partial charge in [-0.2, -0.15) is 5.10 Å². The van der Waals surface area contributed by atoms with Crippen molar-refractivity contribution in [3.8, 4) is 0 Å². The molecule has 1 aliphatic carbocycles. The Hall–Kier alpha value is -0.870. The van der Waals surface area contributed by atoms with Gasteiger partial charge in [0.15, 0.2) is 0 Å². The Bertz CT molecular complexity index is 385. The summed E-state index contributed by atoms with van der Waals surface area (Å²) >= 11 is 0.